The van der Waals surface area contributed by atoms with Crippen LogP contribution in [0.5, 0.6) is 0 Å². The second-order valence-electron chi connectivity index (χ2n) is 3.51. The Balaban J connectivity index is 2.48. The lowest BCUT2D eigenvalue weighted by Gasteiger charge is -2.10. The number of hydrogen-bond donors (Lipinski definition) is 0. The van der Waals surface area contributed by atoms with Crippen molar-refractivity contribution in [2.24, 2.45) is 0 Å². The summed E-state index contributed by atoms with van der Waals surface area (Å²) in [4.78, 5) is 12.0. The van der Waals surface area contributed by atoms with Crippen molar-refractivity contribution in [2.45, 2.75) is 19.6 Å². The van der Waals surface area contributed by atoms with E-state index in [4.69, 9.17) is 4.74 Å². The topological polar surface area (TPSA) is 44.1 Å². The Morgan fingerprint density at radius 1 is 1.69 bits per heavy atom. The zero-order valence-electron chi connectivity index (χ0n) is 8.94. The molecular formula is C10H11BrN2O2S. The van der Waals surface area contributed by atoms with Crippen molar-refractivity contribution in [2.75, 3.05) is 7.11 Å². The molecule has 6 heteroatoms. The molecule has 0 fully saturated rings. The van der Waals surface area contributed by atoms with Crippen molar-refractivity contribution in [3.63, 3.8) is 0 Å². The van der Waals surface area contributed by atoms with E-state index < -0.39 is 0 Å². The summed E-state index contributed by atoms with van der Waals surface area (Å²) < 4.78 is 8.40. The summed E-state index contributed by atoms with van der Waals surface area (Å²) in [6, 6.07) is 1.83. The Morgan fingerprint density at radius 2 is 2.44 bits per heavy atom. The predicted octanol–water partition coefficient (Wildman–Crippen LogP) is 2.26. The Bertz CT molecular complexity index is 563. The first-order valence-corrected chi connectivity index (χ1v) is 6.40. The van der Waals surface area contributed by atoms with Crippen LogP contribution in [0.1, 0.15) is 6.92 Å². The van der Waals surface area contributed by atoms with Crippen molar-refractivity contribution >= 4 is 37.4 Å². The number of hydrogen-bond acceptors (Lipinski definition) is 4. The van der Waals surface area contributed by atoms with Gasteiger partial charge in [0.25, 0.3) is 5.56 Å². The molecule has 1 atom stereocenters. The second-order valence-corrected chi connectivity index (χ2v) is 5.97. The van der Waals surface area contributed by atoms with Crippen LogP contribution in [0.3, 0.4) is 0 Å². The number of thiophene rings is 1. The van der Waals surface area contributed by atoms with E-state index in [1.807, 2.05) is 13.0 Å². The molecule has 2 aromatic rings. The summed E-state index contributed by atoms with van der Waals surface area (Å²) in [6.07, 6.45) is 1.69. The molecule has 0 N–H and O–H groups in total. The summed E-state index contributed by atoms with van der Waals surface area (Å²) in [5.74, 6) is 0. The van der Waals surface area contributed by atoms with Gasteiger partial charge >= 0.3 is 0 Å². The van der Waals surface area contributed by atoms with Gasteiger partial charge in [-0.1, -0.05) is 0 Å². The maximum Gasteiger partial charge on any atom is 0.275 e. The van der Waals surface area contributed by atoms with Crippen molar-refractivity contribution in [3.8, 4) is 0 Å². The minimum Gasteiger partial charge on any atom is -0.380 e. The fraction of sp³-hybridized carbons (Fsp3) is 0.400. The Kier molecular flexibility index (Phi) is 3.41. The van der Waals surface area contributed by atoms with E-state index in [2.05, 4.69) is 21.0 Å². The third kappa shape index (κ3) is 2.18. The number of fused-ring (bicyclic) bond motifs is 1. The van der Waals surface area contributed by atoms with Gasteiger partial charge in [0.1, 0.15) is 0 Å². The van der Waals surface area contributed by atoms with Crippen LogP contribution in [-0.4, -0.2) is 23.0 Å². The third-order valence-electron chi connectivity index (χ3n) is 2.34. The molecule has 0 amide bonds. The van der Waals surface area contributed by atoms with Gasteiger partial charge < -0.3 is 4.74 Å². The lowest BCUT2D eigenvalue weighted by molar-refractivity contribution is 0.0986. The summed E-state index contributed by atoms with van der Waals surface area (Å²) in [5.41, 5.74) is -0.0663. The highest BCUT2D eigenvalue weighted by atomic mass is 79.9. The molecule has 86 valence electrons. The van der Waals surface area contributed by atoms with Crippen molar-refractivity contribution in [1.82, 2.24) is 9.78 Å². The highest BCUT2D eigenvalue weighted by molar-refractivity contribution is 9.11. The van der Waals surface area contributed by atoms with Crippen molar-refractivity contribution in [1.29, 1.82) is 0 Å². The quantitative estimate of drug-likeness (QED) is 0.873. The minimum atomic E-state index is -0.0663. The lowest BCUT2D eigenvalue weighted by Crippen LogP contribution is -2.27. The SMILES string of the molecule is COC(C)Cn1ncc2sc(Br)cc2c1=O. The molecule has 4 nitrogen and oxygen atoms in total. The Labute approximate surface area is 105 Å². The molecule has 0 aliphatic heterocycles. The monoisotopic (exact) mass is 302 g/mol. The summed E-state index contributed by atoms with van der Waals surface area (Å²) in [6.45, 7) is 2.38. The molecule has 0 aliphatic carbocycles. The average Bonchev–Trinajstić information content (AvgIpc) is 2.64. The van der Waals surface area contributed by atoms with Crippen LogP contribution >= 0.6 is 27.3 Å². The number of aromatic nitrogens is 2. The molecule has 2 rings (SSSR count). The van der Waals surface area contributed by atoms with Crippen LogP contribution in [0.15, 0.2) is 20.8 Å². The standard InChI is InChI=1S/C10H11BrN2O2S/c1-6(15-2)5-13-10(14)7-3-9(11)16-8(7)4-12-13/h3-4,6H,5H2,1-2H3. The second kappa shape index (κ2) is 4.65. The van der Waals surface area contributed by atoms with E-state index in [0.717, 1.165) is 8.49 Å². The van der Waals surface area contributed by atoms with Gasteiger partial charge in [0.15, 0.2) is 0 Å². The van der Waals surface area contributed by atoms with Gasteiger partial charge in [0.05, 0.1) is 32.7 Å². The van der Waals surface area contributed by atoms with Crippen LogP contribution in [0.4, 0.5) is 0 Å². The zero-order chi connectivity index (χ0) is 11.7. The van der Waals surface area contributed by atoms with Gasteiger partial charge in [-0.3, -0.25) is 4.79 Å². The van der Waals surface area contributed by atoms with Crippen LogP contribution in [-0.2, 0) is 11.3 Å². The molecule has 1 unspecified atom stereocenters. The highest BCUT2D eigenvalue weighted by Gasteiger charge is 2.09. The Hall–Kier alpha value is -0.720. The smallest absolute Gasteiger partial charge is 0.275 e. The van der Waals surface area contributed by atoms with Gasteiger partial charge in [-0.15, -0.1) is 11.3 Å². The molecule has 0 radical (unpaired) electrons. The first-order valence-electron chi connectivity index (χ1n) is 4.79. The van der Waals surface area contributed by atoms with Crippen LogP contribution < -0.4 is 5.56 Å². The molecule has 0 aromatic carbocycles. The third-order valence-corrected chi connectivity index (χ3v) is 3.91. The van der Waals surface area contributed by atoms with Crippen LogP contribution in [0.2, 0.25) is 0 Å². The van der Waals surface area contributed by atoms with Gasteiger partial charge in [-0.2, -0.15) is 5.10 Å². The summed E-state index contributed by atoms with van der Waals surface area (Å²) >= 11 is 4.87. The van der Waals surface area contributed by atoms with Crippen molar-refractivity contribution < 1.29 is 4.74 Å². The van der Waals surface area contributed by atoms with E-state index in [1.165, 1.54) is 16.0 Å². The lowest BCUT2D eigenvalue weighted by atomic mass is 10.3. The molecule has 0 saturated heterocycles. The van der Waals surface area contributed by atoms with Crippen LogP contribution in [0, 0.1) is 0 Å². The predicted molar refractivity (Wildman–Crippen MR) is 68.1 cm³/mol. The first-order chi connectivity index (χ1) is 7.61. The molecule has 16 heavy (non-hydrogen) atoms. The van der Waals surface area contributed by atoms with E-state index in [9.17, 15) is 4.79 Å². The molecule has 0 aliphatic rings. The molecule has 2 aromatic heterocycles. The van der Waals surface area contributed by atoms with E-state index in [1.54, 1.807) is 13.3 Å². The molecule has 0 spiro atoms. The average molecular weight is 303 g/mol. The number of methoxy groups -OCH3 is 1. The molecule has 0 bridgehead atoms. The zero-order valence-corrected chi connectivity index (χ0v) is 11.3. The van der Waals surface area contributed by atoms with E-state index >= 15 is 0 Å². The minimum absolute atomic E-state index is 0.0234. The highest BCUT2D eigenvalue weighted by Crippen LogP contribution is 2.26. The fourth-order valence-electron chi connectivity index (χ4n) is 1.40. The number of ether oxygens (including phenoxy) is 1. The summed E-state index contributed by atoms with van der Waals surface area (Å²) in [7, 11) is 1.62. The molecular weight excluding hydrogens is 292 g/mol. The van der Waals surface area contributed by atoms with Gasteiger partial charge in [-0.25, -0.2) is 4.68 Å². The van der Waals surface area contributed by atoms with Crippen molar-refractivity contribution in [3.05, 3.63) is 26.4 Å². The number of rotatable bonds is 3. The van der Waals surface area contributed by atoms with Gasteiger partial charge in [0.2, 0.25) is 0 Å². The maximum atomic E-state index is 12.0. The van der Waals surface area contributed by atoms with E-state index in [0.29, 0.717) is 11.9 Å². The normalized spacial score (nSPS) is 13.2. The Morgan fingerprint density at radius 3 is 3.12 bits per heavy atom. The number of halogens is 1. The fourth-order valence-corrected chi connectivity index (χ4v) is 2.89. The molecule has 0 saturated carbocycles. The van der Waals surface area contributed by atoms with Crippen LogP contribution in [0.25, 0.3) is 10.1 Å². The summed E-state index contributed by atoms with van der Waals surface area (Å²) in [5, 5.41) is 4.83. The van der Waals surface area contributed by atoms with Gasteiger partial charge in [0, 0.05) is 7.11 Å². The number of nitrogens with zero attached hydrogens (tertiary/aromatic N) is 2. The largest absolute Gasteiger partial charge is 0.380 e. The molecule has 2 heterocycles. The first kappa shape index (κ1) is 11.8. The van der Waals surface area contributed by atoms with Gasteiger partial charge in [-0.05, 0) is 28.9 Å². The van der Waals surface area contributed by atoms with E-state index in [-0.39, 0.29) is 11.7 Å². The maximum absolute atomic E-state index is 12.0.